The maximum atomic E-state index is 11.6. The van der Waals surface area contributed by atoms with E-state index in [9.17, 15) is 29.4 Å². The predicted molar refractivity (Wildman–Crippen MR) is 103 cm³/mol. The number of carboxylic acids is 4. The van der Waals surface area contributed by atoms with Crippen molar-refractivity contribution in [3.8, 4) is 22.5 Å². The van der Waals surface area contributed by atoms with Gasteiger partial charge in [0.1, 0.15) is 0 Å². The van der Waals surface area contributed by atoms with Crippen LogP contribution in [-0.4, -0.2) is 49.3 Å². The van der Waals surface area contributed by atoms with Crippen LogP contribution in [0.25, 0.3) is 22.5 Å². The molecule has 9 nitrogen and oxygen atoms in total. The molecule has 4 N–H and O–H groups in total. The average molecular weight is 407 g/mol. The van der Waals surface area contributed by atoms with Gasteiger partial charge < -0.3 is 20.4 Å². The monoisotopic (exact) mass is 407 g/mol. The standard InChI is InChI=1S/C21H13NO8/c23-18(24)10-4-6-12(14(8-10)20(27)28)16-2-1-3-17(22-16)13-7-5-11(19(25)26)9-15(13)21(29)30/h1-9H,(H,23,24)(H,25,26)(H,27,28)(H,29,30). The first kappa shape index (κ1) is 20.2. The zero-order chi connectivity index (χ0) is 22.0. The molecule has 0 fully saturated rings. The zero-order valence-electron chi connectivity index (χ0n) is 15.1. The third kappa shape index (κ3) is 3.85. The number of carbonyl (C=O) groups is 4. The van der Waals surface area contributed by atoms with Gasteiger partial charge in [-0.25, -0.2) is 24.2 Å². The Balaban J connectivity index is 2.17. The van der Waals surface area contributed by atoms with E-state index < -0.39 is 23.9 Å². The lowest BCUT2D eigenvalue weighted by Gasteiger charge is -2.11. The van der Waals surface area contributed by atoms with Crippen LogP contribution >= 0.6 is 0 Å². The Morgan fingerprint density at radius 2 is 0.967 bits per heavy atom. The molecule has 0 aliphatic carbocycles. The Morgan fingerprint density at radius 3 is 1.30 bits per heavy atom. The molecule has 9 heteroatoms. The van der Waals surface area contributed by atoms with Crippen molar-refractivity contribution in [2.45, 2.75) is 0 Å². The van der Waals surface area contributed by atoms with Crippen molar-refractivity contribution < 1.29 is 39.6 Å². The van der Waals surface area contributed by atoms with Crippen molar-refractivity contribution in [3.05, 3.63) is 76.9 Å². The van der Waals surface area contributed by atoms with Crippen LogP contribution in [0.4, 0.5) is 0 Å². The van der Waals surface area contributed by atoms with Crippen LogP contribution in [0, 0.1) is 0 Å². The fourth-order valence-corrected chi connectivity index (χ4v) is 2.89. The molecule has 0 aliphatic rings. The van der Waals surface area contributed by atoms with Crippen molar-refractivity contribution in [2.75, 3.05) is 0 Å². The smallest absolute Gasteiger partial charge is 0.336 e. The lowest BCUT2D eigenvalue weighted by atomic mass is 9.98. The summed E-state index contributed by atoms with van der Waals surface area (Å²) >= 11 is 0. The molecule has 0 atom stereocenters. The van der Waals surface area contributed by atoms with Crippen molar-refractivity contribution in [1.82, 2.24) is 4.98 Å². The molecule has 0 unspecified atom stereocenters. The number of rotatable bonds is 6. The van der Waals surface area contributed by atoms with Gasteiger partial charge in [-0.1, -0.05) is 18.2 Å². The number of nitrogens with zero attached hydrogens (tertiary/aromatic N) is 1. The zero-order valence-corrected chi connectivity index (χ0v) is 15.1. The van der Waals surface area contributed by atoms with E-state index in [1.807, 2.05) is 0 Å². The van der Waals surface area contributed by atoms with E-state index in [0.717, 1.165) is 12.1 Å². The summed E-state index contributed by atoms with van der Waals surface area (Å²) < 4.78 is 0. The van der Waals surface area contributed by atoms with Crippen LogP contribution in [0.1, 0.15) is 41.4 Å². The number of hydrogen-bond acceptors (Lipinski definition) is 5. The number of aromatic nitrogens is 1. The minimum Gasteiger partial charge on any atom is -0.478 e. The van der Waals surface area contributed by atoms with Crippen molar-refractivity contribution in [3.63, 3.8) is 0 Å². The second-order valence-corrected chi connectivity index (χ2v) is 6.15. The Morgan fingerprint density at radius 1 is 0.567 bits per heavy atom. The Kier molecular flexibility index (Phi) is 5.28. The van der Waals surface area contributed by atoms with E-state index in [1.165, 1.54) is 42.5 Å². The van der Waals surface area contributed by atoms with Crippen LogP contribution in [0.5, 0.6) is 0 Å². The van der Waals surface area contributed by atoms with Crippen LogP contribution in [0.2, 0.25) is 0 Å². The lowest BCUT2D eigenvalue weighted by molar-refractivity contribution is 0.0677. The average Bonchev–Trinajstić information content (AvgIpc) is 2.72. The maximum Gasteiger partial charge on any atom is 0.336 e. The summed E-state index contributed by atoms with van der Waals surface area (Å²) in [6.07, 6.45) is 0. The van der Waals surface area contributed by atoms with Gasteiger partial charge in [0.15, 0.2) is 0 Å². The molecule has 3 rings (SSSR count). The summed E-state index contributed by atoms with van der Waals surface area (Å²) in [6.45, 7) is 0. The van der Waals surface area contributed by atoms with Gasteiger partial charge in [0.2, 0.25) is 0 Å². The molecule has 0 radical (unpaired) electrons. The molecule has 1 aromatic heterocycles. The van der Waals surface area contributed by atoms with E-state index in [1.54, 1.807) is 0 Å². The molecular weight excluding hydrogens is 394 g/mol. The topological polar surface area (TPSA) is 162 Å². The van der Waals surface area contributed by atoms with Gasteiger partial charge in [0, 0.05) is 11.1 Å². The van der Waals surface area contributed by atoms with Gasteiger partial charge in [-0.2, -0.15) is 0 Å². The predicted octanol–water partition coefficient (Wildman–Crippen LogP) is 3.21. The Labute approximate surface area is 168 Å². The van der Waals surface area contributed by atoms with Gasteiger partial charge in [-0.15, -0.1) is 0 Å². The fourth-order valence-electron chi connectivity index (χ4n) is 2.89. The highest BCUT2D eigenvalue weighted by Gasteiger charge is 2.19. The highest BCUT2D eigenvalue weighted by Crippen LogP contribution is 2.29. The Hall–Kier alpha value is -4.53. The normalized spacial score (nSPS) is 10.4. The van der Waals surface area contributed by atoms with E-state index in [2.05, 4.69) is 4.98 Å². The summed E-state index contributed by atoms with van der Waals surface area (Å²) in [6, 6.07) is 11.7. The van der Waals surface area contributed by atoms with Gasteiger partial charge in [-0.3, -0.25) is 0 Å². The summed E-state index contributed by atoms with van der Waals surface area (Å²) in [7, 11) is 0. The van der Waals surface area contributed by atoms with Gasteiger partial charge in [0.05, 0.1) is 33.6 Å². The van der Waals surface area contributed by atoms with Crippen LogP contribution in [0.15, 0.2) is 54.6 Å². The van der Waals surface area contributed by atoms with Crippen molar-refractivity contribution in [2.24, 2.45) is 0 Å². The fraction of sp³-hybridized carbons (Fsp3) is 0. The Bertz CT molecular complexity index is 1120. The summed E-state index contributed by atoms with van der Waals surface area (Å²) in [5.41, 5.74) is -0.310. The third-order valence-electron chi connectivity index (χ3n) is 4.29. The van der Waals surface area contributed by atoms with E-state index in [-0.39, 0.29) is 44.8 Å². The molecule has 2 aromatic carbocycles. The van der Waals surface area contributed by atoms with Gasteiger partial charge in [0.25, 0.3) is 0 Å². The summed E-state index contributed by atoms with van der Waals surface area (Å²) in [5.74, 6) is -5.26. The summed E-state index contributed by atoms with van der Waals surface area (Å²) in [5, 5.41) is 37.1. The molecule has 1 heterocycles. The molecule has 0 saturated heterocycles. The van der Waals surface area contributed by atoms with Crippen molar-refractivity contribution in [1.29, 1.82) is 0 Å². The molecular formula is C21H13NO8. The molecule has 0 saturated carbocycles. The lowest BCUT2D eigenvalue weighted by Crippen LogP contribution is -2.06. The largest absolute Gasteiger partial charge is 0.478 e. The van der Waals surface area contributed by atoms with E-state index >= 15 is 0 Å². The number of aromatic carboxylic acids is 4. The third-order valence-corrected chi connectivity index (χ3v) is 4.29. The first-order valence-electron chi connectivity index (χ1n) is 8.38. The van der Waals surface area contributed by atoms with E-state index in [0.29, 0.717) is 0 Å². The van der Waals surface area contributed by atoms with Crippen LogP contribution in [0.3, 0.4) is 0 Å². The quantitative estimate of drug-likeness (QED) is 0.480. The molecule has 0 amide bonds. The number of pyridine rings is 1. The second kappa shape index (κ2) is 7.84. The first-order chi connectivity index (χ1) is 14.2. The van der Waals surface area contributed by atoms with Crippen LogP contribution < -0.4 is 0 Å². The number of benzene rings is 2. The van der Waals surface area contributed by atoms with Gasteiger partial charge >= 0.3 is 23.9 Å². The molecule has 30 heavy (non-hydrogen) atoms. The highest BCUT2D eigenvalue weighted by atomic mass is 16.4. The summed E-state index contributed by atoms with van der Waals surface area (Å²) in [4.78, 5) is 49.8. The first-order valence-corrected chi connectivity index (χ1v) is 8.38. The highest BCUT2D eigenvalue weighted by molar-refractivity contribution is 6.01. The molecule has 0 bridgehead atoms. The molecule has 0 spiro atoms. The SMILES string of the molecule is O=C(O)c1ccc(-c2cccc(-c3ccc(C(=O)O)cc3C(=O)O)n2)c(C(=O)O)c1. The van der Waals surface area contributed by atoms with E-state index in [4.69, 9.17) is 10.2 Å². The maximum absolute atomic E-state index is 11.6. The molecule has 150 valence electrons. The van der Waals surface area contributed by atoms with Crippen molar-refractivity contribution >= 4 is 23.9 Å². The van der Waals surface area contributed by atoms with Crippen LogP contribution in [-0.2, 0) is 0 Å². The number of carboxylic acid groups (broad SMARTS) is 4. The molecule has 3 aromatic rings. The minimum atomic E-state index is -1.35. The number of hydrogen-bond donors (Lipinski definition) is 4. The molecule has 0 aliphatic heterocycles. The minimum absolute atomic E-state index is 0.147. The van der Waals surface area contributed by atoms with Gasteiger partial charge in [-0.05, 0) is 36.4 Å². The second-order valence-electron chi connectivity index (χ2n) is 6.15.